The van der Waals surface area contributed by atoms with Crippen LogP contribution in [-0.4, -0.2) is 6.10 Å². The number of allylic oxidation sites excluding steroid dienone is 1. The van der Waals surface area contributed by atoms with Crippen LogP contribution in [0, 0.1) is 13.8 Å². The zero-order valence-corrected chi connectivity index (χ0v) is 14.6. The van der Waals surface area contributed by atoms with Crippen LogP contribution in [0.1, 0.15) is 55.9 Å². The lowest BCUT2D eigenvalue weighted by Crippen LogP contribution is -2.23. The number of aryl methyl sites for hydroxylation is 1. The van der Waals surface area contributed by atoms with Gasteiger partial charge in [-0.3, -0.25) is 0 Å². The maximum Gasteiger partial charge on any atom is 0.131 e. The minimum Gasteiger partial charge on any atom is -0.485 e. The van der Waals surface area contributed by atoms with Gasteiger partial charge in [0.25, 0.3) is 0 Å². The first-order valence-corrected chi connectivity index (χ1v) is 8.26. The minimum absolute atomic E-state index is 0.155. The van der Waals surface area contributed by atoms with Crippen LogP contribution in [0.5, 0.6) is 5.75 Å². The zero-order chi connectivity index (χ0) is 16.0. The number of ether oxygens (including phenoxy) is 1. The number of rotatable bonds is 2. The summed E-state index contributed by atoms with van der Waals surface area (Å²) in [6.45, 7) is 13.2. The third-order valence-electron chi connectivity index (χ3n) is 4.71. The molecule has 0 fully saturated rings. The highest BCUT2D eigenvalue weighted by Crippen LogP contribution is 2.42. The predicted octanol–water partition coefficient (Wildman–Crippen LogP) is 5.85. The highest BCUT2D eigenvalue weighted by atomic mass is 16.5. The number of hydrogen-bond acceptors (Lipinski definition) is 1. The van der Waals surface area contributed by atoms with E-state index in [9.17, 15) is 0 Å². The van der Waals surface area contributed by atoms with Crippen molar-refractivity contribution in [1.82, 2.24) is 0 Å². The van der Waals surface area contributed by atoms with Crippen LogP contribution >= 0.6 is 0 Å². The van der Waals surface area contributed by atoms with E-state index in [-0.39, 0.29) is 6.10 Å². The second-order valence-electron chi connectivity index (χ2n) is 7.14. The smallest absolute Gasteiger partial charge is 0.131 e. The van der Waals surface area contributed by atoms with Crippen molar-refractivity contribution in [2.24, 2.45) is 0 Å². The molecule has 0 radical (unpaired) electrons. The quantitative estimate of drug-likeness (QED) is 0.631. The average Bonchev–Trinajstić information content (AvgIpc) is 2.44. The molecule has 116 valence electrons. The molecule has 2 aromatic carbocycles. The lowest BCUT2D eigenvalue weighted by atomic mass is 9.86. The summed E-state index contributed by atoms with van der Waals surface area (Å²) in [5.74, 6) is 1.62. The van der Waals surface area contributed by atoms with Crippen molar-refractivity contribution in [3.8, 4) is 5.75 Å². The highest BCUT2D eigenvalue weighted by molar-refractivity contribution is 5.95. The van der Waals surface area contributed by atoms with E-state index in [2.05, 4.69) is 65.8 Å². The van der Waals surface area contributed by atoms with Gasteiger partial charge in [0.15, 0.2) is 0 Å². The molecule has 1 unspecified atom stereocenters. The summed E-state index contributed by atoms with van der Waals surface area (Å²) in [5, 5.41) is 2.65. The molecule has 1 nitrogen and oxygen atoms in total. The van der Waals surface area contributed by atoms with Crippen LogP contribution in [0.3, 0.4) is 0 Å². The van der Waals surface area contributed by atoms with Crippen LogP contribution in [0.2, 0.25) is 0 Å². The van der Waals surface area contributed by atoms with Crippen molar-refractivity contribution < 1.29 is 4.74 Å². The van der Waals surface area contributed by atoms with Crippen LogP contribution in [0.25, 0.3) is 10.8 Å². The van der Waals surface area contributed by atoms with Gasteiger partial charge in [0.05, 0.1) is 0 Å². The SMILES string of the molecule is CC(C)=CC1Cc2c(C)ccc3cc(C(C)C)c(C)c(c23)O1. The zero-order valence-electron chi connectivity index (χ0n) is 14.6. The van der Waals surface area contributed by atoms with Gasteiger partial charge in [-0.05, 0) is 67.3 Å². The van der Waals surface area contributed by atoms with E-state index in [1.807, 2.05) is 0 Å². The fraction of sp³-hybridized carbons (Fsp3) is 0.429. The Morgan fingerprint density at radius 3 is 2.59 bits per heavy atom. The molecule has 0 aliphatic carbocycles. The third-order valence-corrected chi connectivity index (χ3v) is 4.71. The van der Waals surface area contributed by atoms with E-state index in [0.717, 1.165) is 12.2 Å². The molecule has 0 spiro atoms. The fourth-order valence-corrected chi connectivity index (χ4v) is 3.62. The van der Waals surface area contributed by atoms with E-state index in [1.54, 1.807) is 0 Å². The van der Waals surface area contributed by atoms with Crippen LogP contribution in [0.15, 0.2) is 29.8 Å². The van der Waals surface area contributed by atoms with Gasteiger partial charge in [-0.1, -0.05) is 37.6 Å². The second kappa shape index (κ2) is 5.46. The van der Waals surface area contributed by atoms with Crippen LogP contribution < -0.4 is 4.74 Å². The third kappa shape index (κ3) is 2.43. The molecule has 22 heavy (non-hydrogen) atoms. The van der Waals surface area contributed by atoms with Gasteiger partial charge in [-0.2, -0.15) is 0 Å². The first kappa shape index (κ1) is 15.1. The molecule has 0 saturated carbocycles. The molecule has 3 rings (SSSR count). The summed E-state index contributed by atoms with van der Waals surface area (Å²) >= 11 is 0. The largest absolute Gasteiger partial charge is 0.485 e. The lowest BCUT2D eigenvalue weighted by molar-refractivity contribution is 0.243. The van der Waals surface area contributed by atoms with Gasteiger partial charge >= 0.3 is 0 Å². The van der Waals surface area contributed by atoms with E-state index in [4.69, 9.17) is 4.74 Å². The predicted molar refractivity (Wildman–Crippen MR) is 95.1 cm³/mol. The molecule has 0 aromatic heterocycles. The molecular weight excluding hydrogens is 268 g/mol. The molecule has 1 heterocycles. The number of hydrogen-bond donors (Lipinski definition) is 0. The van der Waals surface area contributed by atoms with Crippen molar-refractivity contribution in [3.05, 3.63) is 52.1 Å². The molecule has 1 aliphatic rings. The normalized spacial score (nSPS) is 16.8. The molecule has 2 aromatic rings. The summed E-state index contributed by atoms with van der Waals surface area (Å²) in [6, 6.07) is 6.85. The van der Waals surface area contributed by atoms with Gasteiger partial charge in [0.1, 0.15) is 11.9 Å². The Morgan fingerprint density at radius 2 is 1.95 bits per heavy atom. The van der Waals surface area contributed by atoms with E-state index < -0.39 is 0 Å². The second-order valence-corrected chi connectivity index (χ2v) is 7.14. The Kier molecular flexibility index (Phi) is 3.76. The monoisotopic (exact) mass is 294 g/mol. The first-order chi connectivity index (χ1) is 10.4. The van der Waals surface area contributed by atoms with Crippen molar-refractivity contribution >= 4 is 10.8 Å². The molecule has 1 heteroatoms. The summed E-state index contributed by atoms with van der Waals surface area (Å²) in [6.07, 6.45) is 3.38. The molecule has 1 atom stereocenters. The van der Waals surface area contributed by atoms with Gasteiger partial charge in [0, 0.05) is 11.8 Å². The topological polar surface area (TPSA) is 9.23 Å². The van der Waals surface area contributed by atoms with E-state index in [0.29, 0.717) is 5.92 Å². The highest BCUT2D eigenvalue weighted by Gasteiger charge is 2.25. The van der Waals surface area contributed by atoms with Crippen molar-refractivity contribution in [2.45, 2.75) is 60.0 Å². The molecule has 0 amide bonds. The van der Waals surface area contributed by atoms with Gasteiger partial charge in [0.2, 0.25) is 0 Å². The molecule has 1 aliphatic heterocycles. The maximum absolute atomic E-state index is 6.42. The standard InChI is InChI=1S/C21H26O/c1-12(2)9-17-11-19-14(5)7-8-16-10-18(13(3)4)15(6)21(22-17)20(16)19/h7-10,13,17H,11H2,1-6H3. The van der Waals surface area contributed by atoms with Gasteiger partial charge < -0.3 is 4.74 Å². The average molecular weight is 294 g/mol. The first-order valence-electron chi connectivity index (χ1n) is 8.26. The number of benzene rings is 2. The van der Waals surface area contributed by atoms with Gasteiger partial charge in [-0.15, -0.1) is 0 Å². The van der Waals surface area contributed by atoms with Crippen molar-refractivity contribution in [3.63, 3.8) is 0 Å². The van der Waals surface area contributed by atoms with Crippen LogP contribution in [0.4, 0.5) is 0 Å². The Morgan fingerprint density at radius 1 is 1.23 bits per heavy atom. The summed E-state index contributed by atoms with van der Waals surface area (Å²) < 4.78 is 6.42. The Labute approximate surface area is 134 Å². The van der Waals surface area contributed by atoms with E-state index in [1.165, 1.54) is 38.6 Å². The van der Waals surface area contributed by atoms with Crippen molar-refractivity contribution in [1.29, 1.82) is 0 Å². The summed E-state index contributed by atoms with van der Waals surface area (Å²) in [4.78, 5) is 0. The minimum atomic E-state index is 0.155. The summed E-state index contributed by atoms with van der Waals surface area (Å²) in [5.41, 5.74) is 6.85. The maximum atomic E-state index is 6.42. The molecule has 0 N–H and O–H groups in total. The van der Waals surface area contributed by atoms with E-state index >= 15 is 0 Å². The summed E-state index contributed by atoms with van der Waals surface area (Å²) in [7, 11) is 0. The van der Waals surface area contributed by atoms with Gasteiger partial charge in [-0.25, -0.2) is 0 Å². The molecular formula is C21H26O. The Hall–Kier alpha value is -1.76. The Balaban J connectivity index is 2.30. The fourth-order valence-electron chi connectivity index (χ4n) is 3.62. The molecule has 0 bridgehead atoms. The Bertz CT molecular complexity index is 761. The lowest BCUT2D eigenvalue weighted by Gasteiger charge is -2.29. The van der Waals surface area contributed by atoms with Crippen molar-refractivity contribution in [2.75, 3.05) is 0 Å². The van der Waals surface area contributed by atoms with Crippen LogP contribution in [-0.2, 0) is 6.42 Å². The molecule has 0 saturated heterocycles.